The predicted octanol–water partition coefficient (Wildman–Crippen LogP) is 4.59. The van der Waals surface area contributed by atoms with Gasteiger partial charge in [0.25, 0.3) is 0 Å². The van der Waals surface area contributed by atoms with Gasteiger partial charge in [0.05, 0.1) is 22.4 Å². The molecule has 0 aliphatic heterocycles. The van der Waals surface area contributed by atoms with Crippen molar-refractivity contribution in [2.24, 2.45) is 0 Å². The highest BCUT2D eigenvalue weighted by atomic mass is 15.3. The van der Waals surface area contributed by atoms with Gasteiger partial charge in [0.15, 0.2) is 5.82 Å². The van der Waals surface area contributed by atoms with Gasteiger partial charge in [0.1, 0.15) is 11.4 Å². The minimum absolute atomic E-state index is 0.687. The quantitative estimate of drug-likeness (QED) is 0.459. The summed E-state index contributed by atoms with van der Waals surface area (Å²) in [6, 6.07) is 22.0. The smallest absolute Gasteiger partial charge is 0.182 e. The third-order valence-electron chi connectivity index (χ3n) is 4.89. The van der Waals surface area contributed by atoms with Crippen molar-refractivity contribution in [2.75, 3.05) is 0 Å². The number of hydrogen-bond donors (Lipinski definition) is 0. The van der Waals surface area contributed by atoms with Crippen LogP contribution in [0, 0.1) is 20.8 Å². The maximum atomic E-state index is 4.92. The summed E-state index contributed by atoms with van der Waals surface area (Å²) in [5.41, 5.74) is 7.14. The second-order valence-corrected chi connectivity index (χ2v) is 7.14. The van der Waals surface area contributed by atoms with Crippen LogP contribution < -0.4 is 0 Å². The first-order valence-electron chi connectivity index (χ1n) is 9.53. The van der Waals surface area contributed by atoms with Gasteiger partial charge < -0.3 is 0 Å². The summed E-state index contributed by atoms with van der Waals surface area (Å²) < 4.78 is 3.78. The first kappa shape index (κ1) is 17.3. The second-order valence-electron chi connectivity index (χ2n) is 7.14. The molecule has 2 aromatic carbocycles. The summed E-state index contributed by atoms with van der Waals surface area (Å²) in [5, 5.41) is 9.49. The van der Waals surface area contributed by atoms with E-state index in [0.717, 1.165) is 39.5 Å². The molecule has 0 radical (unpaired) electrons. The largest absolute Gasteiger partial charge is 0.240 e. The molecule has 0 bridgehead atoms. The van der Waals surface area contributed by atoms with E-state index in [9.17, 15) is 0 Å². The van der Waals surface area contributed by atoms with Crippen LogP contribution in [0.1, 0.15) is 17.1 Å². The van der Waals surface area contributed by atoms with Crippen molar-refractivity contribution < 1.29 is 0 Å². The van der Waals surface area contributed by atoms with Crippen LogP contribution in [0.3, 0.4) is 0 Å². The average molecular weight is 380 g/mol. The Hall–Kier alpha value is -3.80. The van der Waals surface area contributed by atoms with Gasteiger partial charge >= 0.3 is 0 Å². The molecule has 0 aliphatic carbocycles. The van der Waals surface area contributed by atoms with Gasteiger partial charge in [-0.15, -0.1) is 0 Å². The summed E-state index contributed by atoms with van der Waals surface area (Å²) in [6.07, 6.45) is 0. The molecule has 3 heterocycles. The Kier molecular flexibility index (Phi) is 3.98. The minimum atomic E-state index is 0.687. The Balaban J connectivity index is 1.76. The van der Waals surface area contributed by atoms with Crippen LogP contribution in [-0.2, 0) is 0 Å². The summed E-state index contributed by atoms with van der Waals surface area (Å²) in [6.45, 7) is 6.04. The molecule has 0 fully saturated rings. The van der Waals surface area contributed by atoms with E-state index in [0.29, 0.717) is 11.5 Å². The van der Waals surface area contributed by atoms with Gasteiger partial charge in [-0.1, -0.05) is 30.3 Å². The zero-order valence-electron chi connectivity index (χ0n) is 16.5. The molecule has 0 unspecified atom stereocenters. The molecule has 5 rings (SSSR count). The number of hydrogen-bond acceptors (Lipinski definition) is 4. The minimum Gasteiger partial charge on any atom is -0.240 e. The first-order chi connectivity index (χ1) is 14.1. The van der Waals surface area contributed by atoms with Crippen LogP contribution in [-0.4, -0.2) is 29.5 Å². The number of rotatable bonds is 3. The maximum Gasteiger partial charge on any atom is 0.182 e. The summed E-state index contributed by atoms with van der Waals surface area (Å²) in [5.74, 6) is 0.687. The van der Waals surface area contributed by atoms with E-state index in [1.54, 1.807) is 0 Å². The van der Waals surface area contributed by atoms with Crippen LogP contribution in [0.15, 0.2) is 66.7 Å². The van der Waals surface area contributed by atoms with Crippen LogP contribution >= 0.6 is 0 Å². The zero-order valence-corrected chi connectivity index (χ0v) is 16.5. The monoisotopic (exact) mass is 380 g/mol. The SMILES string of the molecule is Cc1cc(C)n(-c2nc3ccccc3nc2-c2cc(C)n(-c3ccccc3)n2)n1. The number of fused-ring (bicyclic) bond motifs is 1. The van der Waals surface area contributed by atoms with Crippen LogP contribution in [0.5, 0.6) is 0 Å². The number of aromatic nitrogens is 6. The van der Waals surface area contributed by atoms with Gasteiger partial charge in [-0.25, -0.2) is 19.3 Å². The Morgan fingerprint density at radius 3 is 2.00 bits per heavy atom. The Morgan fingerprint density at radius 2 is 1.31 bits per heavy atom. The molecule has 0 saturated heterocycles. The van der Waals surface area contributed by atoms with Gasteiger partial charge in [0.2, 0.25) is 0 Å². The van der Waals surface area contributed by atoms with E-state index in [1.165, 1.54) is 0 Å². The van der Waals surface area contributed by atoms with E-state index in [1.807, 2.05) is 96.9 Å². The average Bonchev–Trinajstić information content (AvgIpc) is 3.29. The molecular weight excluding hydrogens is 360 g/mol. The van der Waals surface area contributed by atoms with Crippen molar-refractivity contribution in [3.63, 3.8) is 0 Å². The third kappa shape index (κ3) is 2.99. The lowest BCUT2D eigenvalue weighted by atomic mass is 10.2. The van der Waals surface area contributed by atoms with E-state index in [-0.39, 0.29) is 0 Å². The topological polar surface area (TPSA) is 61.4 Å². The van der Waals surface area contributed by atoms with Gasteiger partial charge in [0, 0.05) is 11.4 Å². The van der Waals surface area contributed by atoms with Gasteiger partial charge in [-0.2, -0.15) is 10.2 Å². The molecule has 0 atom stereocenters. The van der Waals surface area contributed by atoms with Crippen molar-refractivity contribution in [3.8, 4) is 22.9 Å². The molecule has 3 aromatic heterocycles. The Labute approximate surface area is 168 Å². The molecule has 5 aromatic rings. The molecule has 29 heavy (non-hydrogen) atoms. The third-order valence-corrected chi connectivity index (χ3v) is 4.89. The van der Waals surface area contributed by atoms with E-state index in [2.05, 4.69) is 5.10 Å². The van der Waals surface area contributed by atoms with Crippen molar-refractivity contribution in [3.05, 3.63) is 83.8 Å². The fourth-order valence-corrected chi connectivity index (χ4v) is 3.57. The normalized spacial score (nSPS) is 11.3. The summed E-state index contributed by atoms with van der Waals surface area (Å²) in [7, 11) is 0. The number of benzene rings is 2. The van der Waals surface area contributed by atoms with E-state index in [4.69, 9.17) is 15.1 Å². The molecule has 0 amide bonds. The number of nitrogens with zero attached hydrogens (tertiary/aromatic N) is 6. The Bertz CT molecular complexity index is 1330. The molecule has 142 valence electrons. The molecule has 6 nitrogen and oxygen atoms in total. The first-order valence-corrected chi connectivity index (χ1v) is 9.53. The number of para-hydroxylation sites is 3. The lowest BCUT2D eigenvalue weighted by Gasteiger charge is -2.10. The van der Waals surface area contributed by atoms with Crippen LogP contribution in [0.4, 0.5) is 0 Å². The standard InChI is InChI=1S/C23H20N6/c1-15-13-16(2)29(26-15)23-22(24-19-11-7-8-12-20(19)25-23)21-14-17(3)28(27-21)18-9-5-4-6-10-18/h4-14H,1-3H3. The van der Waals surface area contributed by atoms with Gasteiger partial charge in [-0.3, -0.25) is 0 Å². The van der Waals surface area contributed by atoms with E-state index < -0.39 is 0 Å². The molecular formula is C23H20N6. The molecule has 0 saturated carbocycles. The molecule has 0 spiro atoms. The zero-order chi connectivity index (χ0) is 20.0. The van der Waals surface area contributed by atoms with Crippen molar-refractivity contribution >= 4 is 11.0 Å². The molecule has 6 heteroatoms. The molecule has 0 N–H and O–H groups in total. The lowest BCUT2D eigenvalue weighted by molar-refractivity contribution is 0.804. The number of aryl methyl sites for hydroxylation is 3. The van der Waals surface area contributed by atoms with Crippen molar-refractivity contribution in [2.45, 2.75) is 20.8 Å². The highest BCUT2D eigenvalue weighted by Gasteiger charge is 2.19. The fraction of sp³-hybridized carbons (Fsp3) is 0.130. The summed E-state index contributed by atoms with van der Waals surface area (Å²) >= 11 is 0. The lowest BCUT2D eigenvalue weighted by Crippen LogP contribution is -2.07. The van der Waals surface area contributed by atoms with Crippen molar-refractivity contribution in [1.29, 1.82) is 0 Å². The van der Waals surface area contributed by atoms with Gasteiger partial charge in [-0.05, 0) is 57.2 Å². The van der Waals surface area contributed by atoms with Crippen LogP contribution in [0.25, 0.3) is 33.9 Å². The summed E-state index contributed by atoms with van der Waals surface area (Å²) in [4.78, 5) is 9.82. The van der Waals surface area contributed by atoms with Crippen LogP contribution in [0.2, 0.25) is 0 Å². The molecule has 0 aliphatic rings. The maximum absolute atomic E-state index is 4.92. The highest BCUT2D eigenvalue weighted by molar-refractivity contribution is 5.80. The van der Waals surface area contributed by atoms with E-state index >= 15 is 0 Å². The predicted molar refractivity (Wildman–Crippen MR) is 113 cm³/mol. The fourth-order valence-electron chi connectivity index (χ4n) is 3.57. The second kappa shape index (κ2) is 6.67. The highest BCUT2D eigenvalue weighted by Crippen LogP contribution is 2.27. The van der Waals surface area contributed by atoms with Crippen molar-refractivity contribution in [1.82, 2.24) is 29.5 Å². The Morgan fingerprint density at radius 1 is 0.655 bits per heavy atom.